The number of aromatic hydroxyl groups is 1. The van der Waals surface area contributed by atoms with Crippen molar-refractivity contribution in [1.82, 2.24) is 5.32 Å². The van der Waals surface area contributed by atoms with Crippen LogP contribution >= 0.6 is 39.9 Å². The third-order valence-corrected chi connectivity index (χ3v) is 3.97. The Kier molecular flexibility index (Phi) is 3.88. The highest BCUT2D eigenvalue weighted by molar-refractivity contribution is 9.10. The third-order valence-electron chi connectivity index (χ3n) is 2.20. The molecule has 98 valence electrons. The molecule has 0 radical (unpaired) electrons. The topological polar surface area (TPSA) is 92.5 Å². The molecule has 2 rings (SSSR count). The smallest absolute Gasteiger partial charge is 0.312 e. The molecule has 1 heterocycles. The summed E-state index contributed by atoms with van der Waals surface area (Å²) in [7, 11) is 0. The lowest BCUT2D eigenvalue weighted by Gasteiger charge is -2.01. The Morgan fingerprint density at radius 3 is 2.74 bits per heavy atom. The summed E-state index contributed by atoms with van der Waals surface area (Å²) in [5.74, 6) is -0.798. The Morgan fingerprint density at radius 2 is 2.21 bits per heavy atom. The SMILES string of the molecule is O=C1NC(=S)S/C1=C\c1cc(Br)c(O)c([N+](=O)[O-])c1. The average molecular weight is 361 g/mol. The standard InChI is InChI=1S/C10H5BrN2O4S2/c11-5-1-4(2-6(8(5)14)13(16)17)3-7-9(15)12-10(18)19-7/h1-3,14H,(H,12,15,18)/b7-3-. The maximum Gasteiger partial charge on any atom is 0.312 e. The Hall–Kier alpha value is -1.45. The zero-order chi connectivity index (χ0) is 14.2. The number of amides is 1. The quantitative estimate of drug-likeness (QED) is 0.364. The summed E-state index contributed by atoms with van der Waals surface area (Å²) in [6.45, 7) is 0. The van der Waals surface area contributed by atoms with E-state index in [1.54, 1.807) is 0 Å². The number of thioether (sulfide) groups is 1. The summed E-state index contributed by atoms with van der Waals surface area (Å²) in [5.41, 5.74) is -0.0223. The minimum Gasteiger partial charge on any atom is -0.501 e. The lowest BCUT2D eigenvalue weighted by molar-refractivity contribution is -0.386. The Morgan fingerprint density at radius 1 is 1.53 bits per heavy atom. The average Bonchev–Trinajstić information content (AvgIpc) is 2.62. The second kappa shape index (κ2) is 5.27. The maximum atomic E-state index is 11.5. The van der Waals surface area contributed by atoms with Gasteiger partial charge in [-0.3, -0.25) is 14.9 Å². The number of hydrogen-bond donors (Lipinski definition) is 2. The number of phenolic OH excluding ortho intramolecular Hbond substituents is 1. The highest BCUT2D eigenvalue weighted by atomic mass is 79.9. The second-order valence-corrected chi connectivity index (χ2v) is 6.05. The fourth-order valence-corrected chi connectivity index (χ4v) is 2.91. The van der Waals surface area contributed by atoms with E-state index in [4.69, 9.17) is 12.2 Å². The number of nitro groups is 1. The highest BCUT2D eigenvalue weighted by Crippen LogP contribution is 2.36. The summed E-state index contributed by atoms with van der Waals surface area (Å²) in [5, 5.41) is 22.8. The summed E-state index contributed by atoms with van der Waals surface area (Å²) in [6.07, 6.45) is 1.47. The molecule has 1 fully saturated rings. The monoisotopic (exact) mass is 360 g/mol. The molecule has 0 aliphatic carbocycles. The zero-order valence-corrected chi connectivity index (χ0v) is 12.3. The van der Waals surface area contributed by atoms with Crippen LogP contribution in [0, 0.1) is 10.1 Å². The Balaban J connectivity index is 2.47. The van der Waals surface area contributed by atoms with E-state index in [2.05, 4.69) is 21.2 Å². The third kappa shape index (κ3) is 2.94. The number of halogens is 1. The lowest BCUT2D eigenvalue weighted by atomic mass is 10.1. The van der Waals surface area contributed by atoms with Crippen LogP contribution in [0.15, 0.2) is 21.5 Å². The number of rotatable bonds is 2. The van der Waals surface area contributed by atoms with Gasteiger partial charge < -0.3 is 10.4 Å². The molecule has 0 bridgehead atoms. The van der Waals surface area contributed by atoms with Crippen LogP contribution in [-0.2, 0) is 4.79 Å². The van der Waals surface area contributed by atoms with E-state index in [0.29, 0.717) is 14.8 Å². The van der Waals surface area contributed by atoms with Gasteiger partial charge in [0.15, 0.2) is 0 Å². The van der Waals surface area contributed by atoms with Gasteiger partial charge in [0.25, 0.3) is 5.91 Å². The maximum absolute atomic E-state index is 11.5. The van der Waals surface area contributed by atoms with Gasteiger partial charge in [-0.1, -0.05) is 24.0 Å². The zero-order valence-electron chi connectivity index (χ0n) is 9.05. The number of nitrogens with zero attached hydrogens (tertiary/aromatic N) is 1. The molecule has 0 saturated carbocycles. The second-order valence-electron chi connectivity index (χ2n) is 3.48. The van der Waals surface area contributed by atoms with Crippen molar-refractivity contribution in [2.45, 2.75) is 0 Å². The summed E-state index contributed by atoms with van der Waals surface area (Å²) >= 11 is 8.94. The Labute approximate surface area is 125 Å². The number of phenols is 1. The van der Waals surface area contributed by atoms with E-state index in [9.17, 15) is 20.0 Å². The number of nitrogens with one attached hydrogen (secondary N) is 1. The van der Waals surface area contributed by atoms with Crippen LogP contribution < -0.4 is 5.32 Å². The van der Waals surface area contributed by atoms with Gasteiger partial charge in [-0.2, -0.15) is 0 Å². The molecule has 9 heteroatoms. The van der Waals surface area contributed by atoms with E-state index in [0.717, 1.165) is 11.8 Å². The van der Waals surface area contributed by atoms with E-state index < -0.39 is 16.4 Å². The first-order valence-electron chi connectivity index (χ1n) is 4.80. The molecule has 1 saturated heterocycles. The van der Waals surface area contributed by atoms with Crippen molar-refractivity contribution in [3.05, 3.63) is 37.2 Å². The van der Waals surface area contributed by atoms with Crippen molar-refractivity contribution < 1.29 is 14.8 Å². The minimum absolute atomic E-state index is 0.180. The first-order chi connectivity index (χ1) is 8.88. The molecule has 0 spiro atoms. The number of hydrogen-bond acceptors (Lipinski definition) is 6. The van der Waals surface area contributed by atoms with Crippen LogP contribution in [0.25, 0.3) is 6.08 Å². The number of benzene rings is 1. The van der Waals surface area contributed by atoms with E-state index >= 15 is 0 Å². The first kappa shape index (κ1) is 14.0. The molecule has 1 aromatic rings. The number of thiocarbonyl (C=S) groups is 1. The molecule has 0 aromatic heterocycles. The van der Waals surface area contributed by atoms with Crippen molar-refractivity contribution in [3.8, 4) is 5.75 Å². The number of carbonyl (C=O) groups is 1. The molecule has 0 atom stereocenters. The molecule has 1 aliphatic rings. The fourth-order valence-electron chi connectivity index (χ4n) is 1.40. The van der Waals surface area contributed by atoms with Crippen molar-refractivity contribution in [1.29, 1.82) is 0 Å². The molecule has 1 amide bonds. The molecule has 0 unspecified atom stereocenters. The lowest BCUT2D eigenvalue weighted by Crippen LogP contribution is -2.17. The van der Waals surface area contributed by atoms with Crippen LogP contribution in [0.1, 0.15) is 5.56 Å². The molecular formula is C10H5BrN2O4S2. The molecule has 19 heavy (non-hydrogen) atoms. The molecular weight excluding hydrogens is 356 g/mol. The summed E-state index contributed by atoms with van der Waals surface area (Å²) < 4.78 is 0.517. The highest BCUT2D eigenvalue weighted by Gasteiger charge is 2.23. The molecule has 1 aliphatic heterocycles. The Bertz CT molecular complexity index is 645. The van der Waals surface area contributed by atoms with Crippen molar-refractivity contribution in [2.24, 2.45) is 0 Å². The van der Waals surface area contributed by atoms with Crippen LogP contribution in [0.4, 0.5) is 5.69 Å². The van der Waals surface area contributed by atoms with Crippen LogP contribution in [0.2, 0.25) is 0 Å². The molecule has 6 nitrogen and oxygen atoms in total. The van der Waals surface area contributed by atoms with Gasteiger partial charge in [-0.15, -0.1) is 0 Å². The molecule has 1 aromatic carbocycles. The van der Waals surface area contributed by atoms with Crippen molar-refractivity contribution >= 4 is 61.9 Å². The van der Waals surface area contributed by atoms with Crippen LogP contribution in [0.5, 0.6) is 5.75 Å². The normalized spacial score (nSPS) is 16.8. The van der Waals surface area contributed by atoms with Gasteiger partial charge in [0, 0.05) is 6.07 Å². The minimum atomic E-state index is -0.700. The van der Waals surface area contributed by atoms with Crippen LogP contribution in [-0.4, -0.2) is 20.3 Å². The van der Waals surface area contributed by atoms with Gasteiger partial charge in [0.05, 0.1) is 14.3 Å². The summed E-state index contributed by atoms with van der Waals surface area (Å²) in [6, 6.07) is 2.66. The van der Waals surface area contributed by atoms with E-state index in [1.807, 2.05) is 0 Å². The van der Waals surface area contributed by atoms with Gasteiger partial charge in [0.1, 0.15) is 4.32 Å². The summed E-state index contributed by atoms with van der Waals surface area (Å²) in [4.78, 5) is 21.9. The van der Waals surface area contributed by atoms with E-state index in [1.165, 1.54) is 18.2 Å². The van der Waals surface area contributed by atoms with E-state index in [-0.39, 0.29) is 10.4 Å². The van der Waals surface area contributed by atoms with Crippen molar-refractivity contribution in [3.63, 3.8) is 0 Å². The predicted octanol–water partition coefficient (Wildman–Crippen LogP) is 2.55. The number of nitro benzene ring substituents is 1. The first-order valence-corrected chi connectivity index (χ1v) is 6.82. The largest absolute Gasteiger partial charge is 0.501 e. The fraction of sp³-hybridized carbons (Fsp3) is 0. The number of carbonyl (C=O) groups excluding carboxylic acids is 1. The van der Waals surface area contributed by atoms with Gasteiger partial charge >= 0.3 is 5.69 Å². The molecule has 2 N–H and O–H groups in total. The van der Waals surface area contributed by atoms with Gasteiger partial charge in [-0.05, 0) is 33.6 Å². The van der Waals surface area contributed by atoms with Crippen molar-refractivity contribution in [2.75, 3.05) is 0 Å². The van der Waals surface area contributed by atoms with Crippen LogP contribution in [0.3, 0.4) is 0 Å². The van der Waals surface area contributed by atoms with Gasteiger partial charge in [-0.25, -0.2) is 0 Å². The van der Waals surface area contributed by atoms with Gasteiger partial charge in [0.2, 0.25) is 5.75 Å². The predicted molar refractivity (Wildman–Crippen MR) is 78.8 cm³/mol.